The van der Waals surface area contributed by atoms with Crippen molar-refractivity contribution in [3.63, 3.8) is 0 Å². The second-order valence-electron chi connectivity index (χ2n) is 8.44. The molecule has 3 aromatic carbocycles. The van der Waals surface area contributed by atoms with Gasteiger partial charge in [-0.25, -0.2) is 0 Å². The van der Waals surface area contributed by atoms with Gasteiger partial charge in [-0.1, -0.05) is 54.6 Å². The number of hydrogen-bond acceptors (Lipinski definition) is 5. The molecule has 8 nitrogen and oxygen atoms in total. The first kappa shape index (κ1) is 24.0. The minimum Gasteiger partial charge on any atom is -0.370 e. The molecule has 0 radical (unpaired) electrons. The lowest BCUT2D eigenvalue weighted by atomic mass is 10.0. The Morgan fingerprint density at radius 3 is 2.49 bits per heavy atom. The highest BCUT2D eigenvalue weighted by Gasteiger charge is 2.21. The maximum Gasteiger partial charge on any atom is 0.247 e. The molecule has 1 heterocycles. The summed E-state index contributed by atoms with van der Waals surface area (Å²) in [5.41, 5.74) is 5.58. The van der Waals surface area contributed by atoms with Crippen LogP contribution in [0.4, 0.5) is 11.4 Å². The number of amides is 2. The van der Waals surface area contributed by atoms with Gasteiger partial charge >= 0.3 is 0 Å². The van der Waals surface area contributed by atoms with E-state index in [1.54, 1.807) is 24.3 Å². The van der Waals surface area contributed by atoms with Crippen molar-refractivity contribution in [2.75, 3.05) is 16.8 Å². The largest absolute Gasteiger partial charge is 0.370 e. The SMILES string of the molecule is N=C(NO)c1cccc(N[C@H](C(=O)NCc2ccc(N3CCCCC3=O)cc2)c2ccccc2)c1. The first-order valence-corrected chi connectivity index (χ1v) is 11.6. The molecule has 0 aliphatic carbocycles. The van der Waals surface area contributed by atoms with Crippen molar-refractivity contribution in [2.45, 2.75) is 31.8 Å². The van der Waals surface area contributed by atoms with E-state index in [4.69, 9.17) is 10.6 Å². The lowest BCUT2D eigenvalue weighted by molar-refractivity contribution is -0.122. The fourth-order valence-corrected chi connectivity index (χ4v) is 4.11. The summed E-state index contributed by atoms with van der Waals surface area (Å²) in [6.45, 7) is 1.09. The summed E-state index contributed by atoms with van der Waals surface area (Å²) in [6, 6.07) is 23.4. The van der Waals surface area contributed by atoms with E-state index in [-0.39, 0.29) is 17.6 Å². The van der Waals surface area contributed by atoms with Crippen molar-refractivity contribution in [3.8, 4) is 0 Å². The van der Waals surface area contributed by atoms with Crippen molar-refractivity contribution >= 4 is 29.0 Å². The summed E-state index contributed by atoms with van der Waals surface area (Å²) in [7, 11) is 0. The van der Waals surface area contributed by atoms with Crippen LogP contribution in [-0.4, -0.2) is 29.4 Å². The molecule has 1 fully saturated rings. The van der Waals surface area contributed by atoms with Crippen LogP contribution >= 0.6 is 0 Å². The predicted molar refractivity (Wildman–Crippen MR) is 135 cm³/mol. The number of hydroxylamine groups is 1. The summed E-state index contributed by atoms with van der Waals surface area (Å²) in [5, 5.41) is 23.0. The van der Waals surface area contributed by atoms with E-state index in [2.05, 4.69) is 10.6 Å². The maximum atomic E-state index is 13.2. The minimum absolute atomic E-state index is 0.135. The lowest BCUT2D eigenvalue weighted by Gasteiger charge is -2.27. The number of carbonyl (C=O) groups excluding carboxylic acids is 2. The number of carbonyl (C=O) groups is 2. The molecule has 4 rings (SSSR count). The van der Waals surface area contributed by atoms with Gasteiger partial charge in [0.25, 0.3) is 0 Å². The average Bonchev–Trinajstić information content (AvgIpc) is 2.91. The summed E-state index contributed by atoms with van der Waals surface area (Å²) in [4.78, 5) is 27.2. The molecule has 1 saturated heterocycles. The highest BCUT2D eigenvalue weighted by atomic mass is 16.5. The minimum atomic E-state index is -0.659. The average molecular weight is 472 g/mol. The molecule has 8 heteroatoms. The maximum absolute atomic E-state index is 13.2. The molecule has 5 N–H and O–H groups in total. The van der Waals surface area contributed by atoms with Crippen LogP contribution in [0.5, 0.6) is 0 Å². The van der Waals surface area contributed by atoms with E-state index in [1.807, 2.05) is 65.0 Å². The van der Waals surface area contributed by atoms with Gasteiger partial charge in [0.05, 0.1) is 0 Å². The number of nitrogens with one attached hydrogen (secondary N) is 4. The Bertz CT molecular complexity index is 1180. The third-order valence-electron chi connectivity index (χ3n) is 6.01. The Labute approximate surface area is 204 Å². The van der Waals surface area contributed by atoms with Gasteiger partial charge in [0.1, 0.15) is 11.9 Å². The van der Waals surface area contributed by atoms with Crippen LogP contribution in [-0.2, 0) is 16.1 Å². The van der Waals surface area contributed by atoms with Gasteiger partial charge in [0.15, 0.2) is 0 Å². The summed E-state index contributed by atoms with van der Waals surface area (Å²) < 4.78 is 0. The molecule has 2 amide bonds. The number of nitrogens with zero attached hydrogens (tertiary/aromatic N) is 1. The second-order valence-corrected chi connectivity index (χ2v) is 8.44. The number of piperidine rings is 1. The molecule has 180 valence electrons. The smallest absolute Gasteiger partial charge is 0.247 e. The Morgan fingerprint density at radius 1 is 1.00 bits per heavy atom. The quantitative estimate of drug-likeness (QED) is 0.194. The van der Waals surface area contributed by atoms with E-state index in [0.29, 0.717) is 24.2 Å². The first-order chi connectivity index (χ1) is 17.0. The van der Waals surface area contributed by atoms with Gasteiger partial charge in [-0.05, 0) is 48.2 Å². The predicted octanol–water partition coefficient (Wildman–Crippen LogP) is 3.98. The Morgan fingerprint density at radius 2 is 1.77 bits per heavy atom. The van der Waals surface area contributed by atoms with Crippen molar-refractivity contribution in [2.24, 2.45) is 0 Å². The third-order valence-corrected chi connectivity index (χ3v) is 6.01. The van der Waals surface area contributed by atoms with Crippen LogP contribution in [0.2, 0.25) is 0 Å². The molecule has 1 aliphatic rings. The van der Waals surface area contributed by atoms with Gasteiger partial charge in [-0.15, -0.1) is 0 Å². The number of anilines is 2. The summed E-state index contributed by atoms with van der Waals surface area (Å²) in [6.07, 6.45) is 2.55. The summed E-state index contributed by atoms with van der Waals surface area (Å²) in [5.74, 6) is -0.181. The van der Waals surface area contributed by atoms with Crippen molar-refractivity contribution in [1.82, 2.24) is 10.8 Å². The molecule has 0 saturated carbocycles. The van der Waals surface area contributed by atoms with Gasteiger partial charge in [-0.2, -0.15) is 0 Å². The van der Waals surface area contributed by atoms with Crippen molar-refractivity contribution < 1.29 is 14.8 Å². The topological polar surface area (TPSA) is 118 Å². The van der Waals surface area contributed by atoms with E-state index >= 15 is 0 Å². The van der Waals surface area contributed by atoms with E-state index in [0.717, 1.165) is 36.2 Å². The van der Waals surface area contributed by atoms with Crippen LogP contribution in [0.1, 0.15) is 42.0 Å². The Balaban J connectivity index is 1.45. The zero-order valence-electron chi connectivity index (χ0n) is 19.3. The molecule has 35 heavy (non-hydrogen) atoms. The van der Waals surface area contributed by atoms with Gasteiger partial charge in [0.2, 0.25) is 11.8 Å². The van der Waals surface area contributed by atoms with E-state index in [9.17, 15) is 9.59 Å². The van der Waals surface area contributed by atoms with Crippen LogP contribution in [0.15, 0.2) is 78.9 Å². The fourth-order valence-electron chi connectivity index (χ4n) is 4.11. The van der Waals surface area contributed by atoms with Crippen LogP contribution in [0.3, 0.4) is 0 Å². The van der Waals surface area contributed by atoms with Crippen molar-refractivity contribution in [1.29, 1.82) is 5.41 Å². The zero-order chi connectivity index (χ0) is 24.6. The number of benzene rings is 3. The molecule has 0 unspecified atom stereocenters. The molecule has 0 aromatic heterocycles. The molecule has 0 bridgehead atoms. The standard InChI is InChI=1S/C27H29N5O3/c28-26(31-35)21-9-6-10-22(17-21)30-25(20-7-2-1-3-8-20)27(34)29-18-19-12-14-23(15-13-19)32-16-5-4-11-24(32)33/h1-3,6-10,12-15,17,25,30,35H,4-5,11,16,18H2,(H2,28,31)(H,29,34)/t25-/m0/s1. The van der Waals surface area contributed by atoms with E-state index in [1.165, 1.54) is 0 Å². The molecule has 3 aromatic rings. The Hall–Kier alpha value is -4.17. The zero-order valence-corrected chi connectivity index (χ0v) is 19.3. The number of rotatable bonds is 8. The normalized spacial score (nSPS) is 14.2. The highest BCUT2D eigenvalue weighted by molar-refractivity contribution is 5.96. The first-order valence-electron chi connectivity index (χ1n) is 11.6. The van der Waals surface area contributed by atoms with Gasteiger partial charge < -0.3 is 15.5 Å². The molecular weight excluding hydrogens is 442 g/mol. The van der Waals surface area contributed by atoms with Crippen LogP contribution in [0, 0.1) is 5.41 Å². The Kier molecular flexibility index (Phi) is 7.74. The van der Waals surface area contributed by atoms with Gasteiger partial charge in [-0.3, -0.25) is 25.7 Å². The van der Waals surface area contributed by atoms with Crippen LogP contribution < -0.4 is 21.0 Å². The second kappa shape index (κ2) is 11.3. The monoisotopic (exact) mass is 471 g/mol. The molecule has 1 aliphatic heterocycles. The fraction of sp³-hybridized carbons (Fsp3) is 0.222. The molecule has 1 atom stereocenters. The molecular formula is C27H29N5O3. The molecule has 0 spiro atoms. The lowest BCUT2D eigenvalue weighted by Crippen LogP contribution is -2.35. The third kappa shape index (κ3) is 6.04. The number of amidine groups is 1. The van der Waals surface area contributed by atoms with Gasteiger partial charge in [0, 0.05) is 36.4 Å². The van der Waals surface area contributed by atoms with Crippen LogP contribution in [0.25, 0.3) is 0 Å². The van der Waals surface area contributed by atoms with E-state index < -0.39 is 6.04 Å². The highest BCUT2D eigenvalue weighted by Crippen LogP contribution is 2.23. The van der Waals surface area contributed by atoms with Crippen molar-refractivity contribution in [3.05, 3.63) is 95.6 Å². The summed E-state index contributed by atoms with van der Waals surface area (Å²) >= 11 is 0. The number of hydrogen-bond donors (Lipinski definition) is 5.